The van der Waals surface area contributed by atoms with Gasteiger partial charge in [-0.25, -0.2) is 0 Å². The van der Waals surface area contributed by atoms with Crippen LogP contribution in [-0.4, -0.2) is 37.2 Å². The standard InChI is InChI=1S/C61H116O6/c1-4-7-10-13-16-19-22-25-28-29-30-31-34-37-40-43-46-49-52-55-61(64)67-58(56-65-59(62)53-50-47-44-41-38-35-32-26-23-20-17-14-11-8-5-2)57-66-60(63)54-51-48-45-42-39-36-33-27-24-21-18-15-12-9-6-3/h25,28,58H,4-24,26-27,29-57H2,1-3H3/b28-25-. The lowest BCUT2D eigenvalue weighted by molar-refractivity contribution is -0.167. The molecule has 0 aliphatic heterocycles. The highest BCUT2D eigenvalue weighted by atomic mass is 16.6. The molecule has 0 radical (unpaired) electrons. The highest BCUT2D eigenvalue weighted by molar-refractivity contribution is 5.71. The molecule has 0 saturated heterocycles. The largest absolute Gasteiger partial charge is 0.462 e. The van der Waals surface area contributed by atoms with E-state index < -0.39 is 6.10 Å². The minimum Gasteiger partial charge on any atom is -0.462 e. The van der Waals surface area contributed by atoms with Crippen LogP contribution < -0.4 is 0 Å². The van der Waals surface area contributed by atoms with Crippen LogP contribution in [0, 0.1) is 0 Å². The number of hydrogen-bond donors (Lipinski definition) is 0. The van der Waals surface area contributed by atoms with Gasteiger partial charge in [-0.2, -0.15) is 0 Å². The van der Waals surface area contributed by atoms with Gasteiger partial charge in [0.25, 0.3) is 0 Å². The Hall–Kier alpha value is -1.85. The van der Waals surface area contributed by atoms with Crippen LogP contribution in [0.5, 0.6) is 0 Å². The van der Waals surface area contributed by atoms with Crippen molar-refractivity contribution in [1.82, 2.24) is 0 Å². The second-order valence-electron chi connectivity index (χ2n) is 20.6. The first-order valence-electron chi connectivity index (χ1n) is 30.2. The lowest BCUT2D eigenvalue weighted by Crippen LogP contribution is -2.30. The first kappa shape index (κ1) is 65.1. The molecular weight excluding hydrogens is 829 g/mol. The van der Waals surface area contributed by atoms with Gasteiger partial charge in [0.2, 0.25) is 0 Å². The Kier molecular flexibility index (Phi) is 55.2. The zero-order valence-corrected chi connectivity index (χ0v) is 45.5. The fraction of sp³-hybridized carbons (Fsp3) is 0.918. The molecule has 0 aliphatic carbocycles. The number of esters is 3. The molecule has 0 amide bonds. The highest BCUT2D eigenvalue weighted by Crippen LogP contribution is 2.17. The van der Waals surface area contributed by atoms with Gasteiger partial charge in [-0.05, 0) is 44.9 Å². The molecule has 0 unspecified atom stereocenters. The van der Waals surface area contributed by atoms with Crippen LogP contribution in [0.3, 0.4) is 0 Å². The zero-order chi connectivity index (χ0) is 48.6. The number of hydrogen-bond acceptors (Lipinski definition) is 6. The van der Waals surface area contributed by atoms with Crippen LogP contribution in [0.4, 0.5) is 0 Å². The number of ether oxygens (including phenoxy) is 3. The van der Waals surface area contributed by atoms with E-state index in [1.165, 1.54) is 244 Å². The maximum atomic E-state index is 12.9. The average Bonchev–Trinajstić information content (AvgIpc) is 3.33. The van der Waals surface area contributed by atoms with E-state index in [1.54, 1.807) is 0 Å². The molecule has 0 aliphatic rings. The molecule has 0 atom stereocenters. The SMILES string of the molecule is CCCCCCCC/C=C\CCCCCCCCCCCC(=O)OC(COC(=O)CCCCCCCCCCCCCCCCC)COC(=O)CCCCCCCCCCCCCCCCC. The lowest BCUT2D eigenvalue weighted by atomic mass is 10.0. The third-order valence-corrected chi connectivity index (χ3v) is 13.8. The highest BCUT2D eigenvalue weighted by Gasteiger charge is 2.19. The van der Waals surface area contributed by atoms with E-state index in [-0.39, 0.29) is 31.1 Å². The summed E-state index contributed by atoms with van der Waals surface area (Å²) in [5, 5.41) is 0. The van der Waals surface area contributed by atoms with Gasteiger partial charge in [0.05, 0.1) is 0 Å². The van der Waals surface area contributed by atoms with E-state index in [4.69, 9.17) is 14.2 Å². The Morgan fingerprint density at radius 1 is 0.284 bits per heavy atom. The predicted octanol–water partition coefficient (Wildman–Crippen LogP) is 20.1. The van der Waals surface area contributed by atoms with Crippen molar-refractivity contribution in [3.8, 4) is 0 Å². The monoisotopic (exact) mass is 945 g/mol. The van der Waals surface area contributed by atoms with Crippen LogP contribution in [0.25, 0.3) is 0 Å². The Balaban J connectivity index is 4.31. The summed E-state index contributed by atoms with van der Waals surface area (Å²) in [6, 6.07) is 0. The van der Waals surface area contributed by atoms with Gasteiger partial charge in [0.1, 0.15) is 13.2 Å². The Morgan fingerprint density at radius 3 is 0.746 bits per heavy atom. The number of allylic oxidation sites excluding steroid dienone is 2. The molecule has 0 heterocycles. The molecule has 0 spiro atoms. The number of rotatable bonds is 56. The maximum Gasteiger partial charge on any atom is 0.306 e. The van der Waals surface area contributed by atoms with Crippen LogP contribution in [0.1, 0.15) is 342 Å². The molecule has 0 aromatic heterocycles. The van der Waals surface area contributed by atoms with Crippen LogP contribution in [-0.2, 0) is 28.6 Å². The molecule has 0 N–H and O–H groups in total. The van der Waals surface area contributed by atoms with Gasteiger partial charge < -0.3 is 14.2 Å². The second kappa shape index (κ2) is 56.7. The van der Waals surface area contributed by atoms with Crippen molar-refractivity contribution in [2.24, 2.45) is 0 Å². The molecule has 0 rings (SSSR count). The van der Waals surface area contributed by atoms with E-state index in [9.17, 15) is 14.4 Å². The fourth-order valence-electron chi connectivity index (χ4n) is 9.21. The zero-order valence-electron chi connectivity index (χ0n) is 45.5. The van der Waals surface area contributed by atoms with Crippen LogP contribution >= 0.6 is 0 Å². The topological polar surface area (TPSA) is 78.9 Å². The van der Waals surface area contributed by atoms with Crippen molar-refractivity contribution in [3.05, 3.63) is 12.2 Å². The lowest BCUT2D eigenvalue weighted by Gasteiger charge is -2.18. The van der Waals surface area contributed by atoms with E-state index >= 15 is 0 Å². The van der Waals surface area contributed by atoms with Crippen molar-refractivity contribution in [1.29, 1.82) is 0 Å². The van der Waals surface area contributed by atoms with Gasteiger partial charge in [0, 0.05) is 19.3 Å². The molecule has 0 aromatic rings. The number of carbonyl (C=O) groups is 3. The number of unbranched alkanes of at least 4 members (excludes halogenated alkanes) is 43. The molecular formula is C61H116O6. The van der Waals surface area contributed by atoms with Gasteiger partial charge in [-0.1, -0.05) is 290 Å². The van der Waals surface area contributed by atoms with E-state index in [2.05, 4.69) is 32.9 Å². The van der Waals surface area contributed by atoms with E-state index in [0.717, 1.165) is 57.8 Å². The first-order valence-corrected chi connectivity index (χ1v) is 30.2. The van der Waals surface area contributed by atoms with Crippen molar-refractivity contribution in [2.75, 3.05) is 13.2 Å². The summed E-state index contributed by atoms with van der Waals surface area (Å²) in [5.74, 6) is -0.839. The van der Waals surface area contributed by atoms with Crippen LogP contribution in [0.15, 0.2) is 12.2 Å². The van der Waals surface area contributed by atoms with Crippen LogP contribution in [0.2, 0.25) is 0 Å². The Labute approximate surface area is 418 Å². The normalized spacial score (nSPS) is 11.6. The van der Waals surface area contributed by atoms with E-state index in [0.29, 0.717) is 19.3 Å². The summed E-state index contributed by atoms with van der Waals surface area (Å²) in [7, 11) is 0. The maximum absolute atomic E-state index is 12.9. The van der Waals surface area contributed by atoms with Crippen molar-refractivity contribution >= 4 is 17.9 Å². The van der Waals surface area contributed by atoms with Gasteiger partial charge in [-0.15, -0.1) is 0 Å². The summed E-state index contributed by atoms with van der Waals surface area (Å²) < 4.78 is 16.9. The first-order chi connectivity index (χ1) is 33.0. The summed E-state index contributed by atoms with van der Waals surface area (Å²) in [4.78, 5) is 38.2. The summed E-state index contributed by atoms with van der Waals surface area (Å²) in [6.07, 6.45) is 64.9. The molecule has 0 fully saturated rings. The van der Waals surface area contributed by atoms with Gasteiger partial charge in [0.15, 0.2) is 6.10 Å². The summed E-state index contributed by atoms with van der Waals surface area (Å²) in [5.41, 5.74) is 0. The molecule has 67 heavy (non-hydrogen) atoms. The fourth-order valence-corrected chi connectivity index (χ4v) is 9.21. The molecule has 0 bridgehead atoms. The molecule has 0 saturated carbocycles. The quantitative estimate of drug-likeness (QED) is 0.0262. The molecule has 6 heteroatoms. The summed E-state index contributed by atoms with van der Waals surface area (Å²) in [6.45, 7) is 6.70. The van der Waals surface area contributed by atoms with Crippen molar-refractivity contribution in [2.45, 2.75) is 348 Å². The van der Waals surface area contributed by atoms with Gasteiger partial charge in [-0.3, -0.25) is 14.4 Å². The predicted molar refractivity (Wildman–Crippen MR) is 289 cm³/mol. The Bertz CT molecular complexity index is 990. The number of carbonyl (C=O) groups excluding carboxylic acids is 3. The van der Waals surface area contributed by atoms with Gasteiger partial charge >= 0.3 is 17.9 Å². The Morgan fingerprint density at radius 2 is 0.493 bits per heavy atom. The molecule has 6 nitrogen and oxygen atoms in total. The average molecular weight is 946 g/mol. The minimum absolute atomic E-state index is 0.0645. The second-order valence-corrected chi connectivity index (χ2v) is 20.6. The van der Waals surface area contributed by atoms with E-state index in [1.807, 2.05) is 0 Å². The minimum atomic E-state index is -0.765. The smallest absolute Gasteiger partial charge is 0.306 e. The third kappa shape index (κ3) is 55.0. The van der Waals surface area contributed by atoms with Crippen molar-refractivity contribution in [3.63, 3.8) is 0 Å². The molecule has 396 valence electrons. The van der Waals surface area contributed by atoms with Crippen molar-refractivity contribution < 1.29 is 28.6 Å². The molecule has 0 aromatic carbocycles. The third-order valence-electron chi connectivity index (χ3n) is 13.8. The summed E-state index contributed by atoms with van der Waals surface area (Å²) >= 11 is 0.